The number of carbonyl (C=O) groups is 1. The highest BCUT2D eigenvalue weighted by atomic mass is 19.1. The Hall–Kier alpha value is -1.68. The van der Waals surface area contributed by atoms with E-state index in [2.05, 4.69) is 4.74 Å². The molecule has 80 valence electrons. The van der Waals surface area contributed by atoms with E-state index >= 15 is 0 Å². The molecule has 0 fully saturated rings. The van der Waals surface area contributed by atoms with Crippen LogP contribution in [-0.2, 0) is 4.74 Å². The number of hydrogen-bond acceptors (Lipinski definition) is 3. The molecule has 0 heterocycles. The van der Waals surface area contributed by atoms with Gasteiger partial charge in [0.05, 0.1) is 12.7 Å². The lowest BCUT2D eigenvalue weighted by atomic mass is 10.1. The number of ether oxygens (including phenoxy) is 1. The Morgan fingerprint density at radius 2 is 2.33 bits per heavy atom. The van der Waals surface area contributed by atoms with Crippen LogP contribution in [0.15, 0.2) is 24.3 Å². The second-order valence-electron chi connectivity index (χ2n) is 2.87. The molecule has 1 rings (SSSR count). The first-order valence-corrected chi connectivity index (χ1v) is 4.43. The molecule has 0 aliphatic carbocycles. The van der Waals surface area contributed by atoms with Crippen LogP contribution in [0.25, 0.3) is 6.08 Å². The summed E-state index contributed by atoms with van der Waals surface area (Å²) in [6, 6.07) is 4.21. The van der Waals surface area contributed by atoms with Gasteiger partial charge in [-0.1, -0.05) is 18.2 Å². The van der Waals surface area contributed by atoms with Gasteiger partial charge in [0.1, 0.15) is 5.82 Å². The molecule has 0 aliphatic rings. The van der Waals surface area contributed by atoms with Crippen LogP contribution in [0.2, 0.25) is 0 Å². The van der Waals surface area contributed by atoms with Crippen LogP contribution in [0.4, 0.5) is 4.39 Å². The zero-order chi connectivity index (χ0) is 11.3. The third-order valence-electron chi connectivity index (χ3n) is 1.84. The summed E-state index contributed by atoms with van der Waals surface area (Å²) < 4.78 is 17.6. The largest absolute Gasteiger partial charge is 0.465 e. The van der Waals surface area contributed by atoms with Gasteiger partial charge in [-0.2, -0.15) is 0 Å². The Labute approximate surface area is 87.3 Å². The SMILES string of the molecule is COC(=O)c1cc(C=CCN)ccc1F. The summed E-state index contributed by atoms with van der Waals surface area (Å²) in [7, 11) is 1.21. The number of nitrogens with two attached hydrogens (primary N) is 1. The first-order valence-electron chi connectivity index (χ1n) is 4.43. The van der Waals surface area contributed by atoms with Crippen molar-refractivity contribution in [3.8, 4) is 0 Å². The molecule has 1 aromatic rings. The highest BCUT2D eigenvalue weighted by molar-refractivity contribution is 5.90. The average Bonchev–Trinajstić information content (AvgIpc) is 2.27. The number of methoxy groups -OCH3 is 1. The standard InChI is InChI=1S/C11H12FNO2/c1-15-11(14)9-7-8(3-2-6-13)4-5-10(9)12/h2-5,7H,6,13H2,1H3. The van der Waals surface area contributed by atoms with Gasteiger partial charge in [0.15, 0.2) is 0 Å². The van der Waals surface area contributed by atoms with Crippen LogP contribution in [0, 0.1) is 5.82 Å². The second-order valence-corrected chi connectivity index (χ2v) is 2.87. The van der Waals surface area contributed by atoms with Crippen molar-refractivity contribution in [2.24, 2.45) is 5.73 Å². The summed E-state index contributed by atoms with van der Waals surface area (Å²) in [5.41, 5.74) is 5.92. The normalized spacial score (nSPS) is 10.6. The van der Waals surface area contributed by atoms with Crippen molar-refractivity contribution in [3.63, 3.8) is 0 Å². The monoisotopic (exact) mass is 209 g/mol. The number of benzene rings is 1. The lowest BCUT2D eigenvalue weighted by Crippen LogP contribution is -2.04. The summed E-state index contributed by atoms with van der Waals surface area (Å²) in [5, 5.41) is 0. The van der Waals surface area contributed by atoms with Crippen molar-refractivity contribution < 1.29 is 13.9 Å². The molecule has 0 aliphatic heterocycles. The van der Waals surface area contributed by atoms with Gasteiger partial charge in [-0.05, 0) is 17.7 Å². The topological polar surface area (TPSA) is 52.3 Å². The van der Waals surface area contributed by atoms with E-state index in [1.54, 1.807) is 18.2 Å². The molecule has 1 aromatic carbocycles. The van der Waals surface area contributed by atoms with Crippen molar-refractivity contribution in [2.45, 2.75) is 0 Å². The number of hydrogen-bond donors (Lipinski definition) is 1. The quantitative estimate of drug-likeness (QED) is 0.769. The minimum atomic E-state index is -0.685. The van der Waals surface area contributed by atoms with Gasteiger partial charge in [-0.3, -0.25) is 0 Å². The van der Waals surface area contributed by atoms with Crippen molar-refractivity contribution in [1.82, 2.24) is 0 Å². The van der Waals surface area contributed by atoms with Crippen LogP contribution in [-0.4, -0.2) is 19.6 Å². The fraction of sp³-hybridized carbons (Fsp3) is 0.182. The van der Waals surface area contributed by atoms with Crippen molar-refractivity contribution >= 4 is 12.0 Å². The maximum absolute atomic E-state index is 13.2. The molecule has 0 unspecified atom stereocenters. The van der Waals surface area contributed by atoms with E-state index in [4.69, 9.17) is 5.73 Å². The zero-order valence-electron chi connectivity index (χ0n) is 8.37. The van der Waals surface area contributed by atoms with Crippen LogP contribution >= 0.6 is 0 Å². The highest BCUT2D eigenvalue weighted by Gasteiger charge is 2.11. The van der Waals surface area contributed by atoms with Crippen molar-refractivity contribution in [3.05, 3.63) is 41.2 Å². The van der Waals surface area contributed by atoms with E-state index in [0.717, 1.165) is 0 Å². The molecule has 0 radical (unpaired) electrons. The Bertz CT molecular complexity index is 388. The second kappa shape index (κ2) is 5.26. The minimum Gasteiger partial charge on any atom is -0.465 e. The molecule has 0 amide bonds. The van der Waals surface area contributed by atoms with Gasteiger partial charge < -0.3 is 10.5 Å². The first kappa shape index (κ1) is 11.4. The van der Waals surface area contributed by atoms with Crippen molar-refractivity contribution in [1.29, 1.82) is 0 Å². The Kier molecular flexibility index (Phi) is 4.00. The zero-order valence-corrected chi connectivity index (χ0v) is 8.37. The van der Waals surface area contributed by atoms with Gasteiger partial charge in [0.2, 0.25) is 0 Å². The molecule has 0 spiro atoms. The van der Waals surface area contributed by atoms with Gasteiger partial charge in [0, 0.05) is 6.54 Å². The van der Waals surface area contributed by atoms with E-state index in [1.165, 1.54) is 19.2 Å². The fourth-order valence-corrected chi connectivity index (χ4v) is 1.12. The molecule has 2 N–H and O–H groups in total. The lowest BCUT2D eigenvalue weighted by Gasteiger charge is -2.02. The molecule has 0 aromatic heterocycles. The summed E-state index contributed by atoms with van der Waals surface area (Å²) in [6.45, 7) is 0.394. The maximum Gasteiger partial charge on any atom is 0.340 e. The van der Waals surface area contributed by atoms with Crippen LogP contribution in [0.5, 0.6) is 0 Å². The van der Waals surface area contributed by atoms with E-state index in [0.29, 0.717) is 12.1 Å². The summed E-state index contributed by atoms with van der Waals surface area (Å²) in [4.78, 5) is 11.1. The Balaban J connectivity index is 3.05. The lowest BCUT2D eigenvalue weighted by molar-refractivity contribution is 0.0595. The van der Waals surface area contributed by atoms with Crippen LogP contribution in [0.3, 0.4) is 0 Å². The smallest absolute Gasteiger partial charge is 0.340 e. The summed E-state index contributed by atoms with van der Waals surface area (Å²) >= 11 is 0. The van der Waals surface area contributed by atoms with Crippen LogP contribution in [0.1, 0.15) is 15.9 Å². The molecule has 15 heavy (non-hydrogen) atoms. The predicted molar refractivity (Wildman–Crippen MR) is 55.8 cm³/mol. The number of halogens is 1. The van der Waals surface area contributed by atoms with Gasteiger partial charge in [0.25, 0.3) is 0 Å². The minimum absolute atomic E-state index is 0.0725. The fourth-order valence-electron chi connectivity index (χ4n) is 1.12. The molecule has 3 nitrogen and oxygen atoms in total. The number of carbonyl (C=O) groups excluding carboxylic acids is 1. The van der Waals surface area contributed by atoms with E-state index in [1.807, 2.05) is 0 Å². The highest BCUT2D eigenvalue weighted by Crippen LogP contribution is 2.12. The van der Waals surface area contributed by atoms with Gasteiger partial charge in [-0.15, -0.1) is 0 Å². The summed E-state index contributed by atoms with van der Waals surface area (Å²) in [5.74, 6) is -1.28. The third kappa shape index (κ3) is 2.89. The van der Waals surface area contributed by atoms with E-state index < -0.39 is 11.8 Å². The van der Waals surface area contributed by atoms with Gasteiger partial charge in [-0.25, -0.2) is 9.18 Å². The number of esters is 1. The van der Waals surface area contributed by atoms with Crippen molar-refractivity contribution in [2.75, 3.05) is 13.7 Å². The predicted octanol–water partition coefficient (Wildman–Crippen LogP) is 1.58. The van der Waals surface area contributed by atoms with Gasteiger partial charge >= 0.3 is 5.97 Å². The molecule has 0 bridgehead atoms. The molecule has 0 atom stereocenters. The number of rotatable bonds is 3. The molecule has 4 heteroatoms. The molecular formula is C11H12FNO2. The maximum atomic E-state index is 13.2. The summed E-state index contributed by atoms with van der Waals surface area (Å²) in [6.07, 6.45) is 3.43. The van der Waals surface area contributed by atoms with E-state index in [9.17, 15) is 9.18 Å². The Morgan fingerprint density at radius 3 is 2.93 bits per heavy atom. The molecule has 0 saturated carbocycles. The molecular weight excluding hydrogens is 197 g/mol. The average molecular weight is 209 g/mol. The van der Waals surface area contributed by atoms with Crippen LogP contribution < -0.4 is 5.73 Å². The first-order chi connectivity index (χ1) is 7.19. The molecule has 0 saturated heterocycles. The Morgan fingerprint density at radius 1 is 1.60 bits per heavy atom. The van der Waals surface area contributed by atoms with E-state index in [-0.39, 0.29) is 5.56 Å². The third-order valence-corrected chi connectivity index (χ3v) is 1.84.